The van der Waals surface area contributed by atoms with Crippen molar-refractivity contribution >= 4 is 11.8 Å². The second-order valence-electron chi connectivity index (χ2n) is 5.02. The molecule has 0 fully saturated rings. The highest BCUT2D eigenvalue weighted by Gasteiger charge is 2.06. The molecule has 120 valence electrons. The first-order valence-corrected chi connectivity index (χ1v) is 7.25. The number of carbonyl (C=O) groups is 2. The summed E-state index contributed by atoms with van der Waals surface area (Å²) < 4.78 is 5.33. The Hall–Kier alpha value is -2.89. The van der Waals surface area contributed by atoms with Crippen molar-refractivity contribution in [2.45, 2.75) is 13.5 Å². The molecule has 2 amide bonds. The third-order valence-electron chi connectivity index (χ3n) is 3.05. The lowest BCUT2D eigenvalue weighted by atomic mass is 10.2. The van der Waals surface area contributed by atoms with Gasteiger partial charge in [-0.15, -0.1) is 0 Å². The van der Waals surface area contributed by atoms with E-state index in [0.717, 1.165) is 11.1 Å². The van der Waals surface area contributed by atoms with Crippen LogP contribution in [0.1, 0.15) is 11.1 Å². The quantitative estimate of drug-likeness (QED) is 0.805. The second-order valence-corrected chi connectivity index (χ2v) is 5.02. The van der Waals surface area contributed by atoms with Crippen LogP contribution in [0.3, 0.4) is 0 Å². The minimum atomic E-state index is -0.345. The van der Waals surface area contributed by atoms with E-state index in [1.54, 1.807) is 30.6 Å². The molecule has 6 nitrogen and oxygen atoms in total. The zero-order valence-corrected chi connectivity index (χ0v) is 12.9. The van der Waals surface area contributed by atoms with Crippen molar-refractivity contribution in [2.75, 3.05) is 13.2 Å². The zero-order chi connectivity index (χ0) is 16.5. The molecular weight excluding hydrogens is 294 g/mol. The summed E-state index contributed by atoms with van der Waals surface area (Å²) in [5.74, 6) is 0.00595. The number of rotatable bonds is 7. The van der Waals surface area contributed by atoms with E-state index in [-0.39, 0.29) is 25.0 Å². The molecule has 0 atom stereocenters. The molecule has 2 rings (SSSR count). The minimum absolute atomic E-state index is 0.0870. The van der Waals surface area contributed by atoms with E-state index in [9.17, 15) is 9.59 Å². The van der Waals surface area contributed by atoms with Crippen molar-refractivity contribution in [1.82, 2.24) is 15.6 Å². The van der Waals surface area contributed by atoms with Gasteiger partial charge in [0, 0.05) is 18.9 Å². The van der Waals surface area contributed by atoms with Crippen LogP contribution in [0.2, 0.25) is 0 Å². The van der Waals surface area contributed by atoms with Crippen molar-refractivity contribution < 1.29 is 14.3 Å². The van der Waals surface area contributed by atoms with Crippen LogP contribution < -0.4 is 15.4 Å². The third kappa shape index (κ3) is 6.17. The van der Waals surface area contributed by atoms with E-state index < -0.39 is 0 Å². The molecule has 1 aromatic carbocycles. The topological polar surface area (TPSA) is 80.3 Å². The van der Waals surface area contributed by atoms with Gasteiger partial charge < -0.3 is 15.4 Å². The lowest BCUT2D eigenvalue weighted by Crippen LogP contribution is -2.38. The van der Waals surface area contributed by atoms with Crippen molar-refractivity contribution in [1.29, 1.82) is 0 Å². The predicted octanol–water partition coefficient (Wildman–Crippen LogP) is 1.20. The van der Waals surface area contributed by atoms with Crippen LogP contribution in [0.4, 0.5) is 0 Å². The van der Waals surface area contributed by atoms with Gasteiger partial charge in [-0.05, 0) is 30.7 Å². The average Bonchev–Trinajstić information content (AvgIpc) is 2.58. The number of amides is 2. The van der Waals surface area contributed by atoms with Gasteiger partial charge in [-0.25, -0.2) is 0 Å². The van der Waals surface area contributed by atoms with E-state index in [1.807, 2.05) is 25.1 Å². The van der Waals surface area contributed by atoms with Crippen molar-refractivity contribution in [2.24, 2.45) is 0 Å². The third-order valence-corrected chi connectivity index (χ3v) is 3.05. The summed E-state index contributed by atoms with van der Waals surface area (Å²) in [5.41, 5.74) is 2.02. The molecule has 23 heavy (non-hydrogen) atoms. The number of aryl methyl sites for hydroxylation is 1. The van der Waals surface area contributed by atoms with E-state index in [0.29, 0.717) is 12.3 Å². The molecule has 6 heteroatoms. The molecule has 0 radical (unpaired) electrons. The Morgan fingerprint density at radius 2 is 1.87 bits per heavy atom. The van der Waals surface area contributed by atoms with Gasteiger partial charge in [-0.3, -0.25) is 14.6 Å². The lowest BCUT2D eigenvalue weighted by molar-refractivity contribution is -0.127. The fraction of sp³-hybridized carbons (Fsp3) is 0.235. The number of carbonyl (C=O) groups excluding carboxylic acids is 2. The van der Waals surface area contributed by atoms with Crippen molar-refractivity contribution in [3.8, 4) is 5.75 Å². The smallest absolute Gasteiger partial charge is 0.258 e. The summed E-state index contributed by atoms with van der Waals surface area (Å²) in [5, 5.41) is 5.21. The van der Waals surface area contributed by atoms with Crippen LogP contribution in [-0.4, -0.2) is 29.9 Å². The first-order chi connectivity index (χ1) is 11.1. The van der Waals surface area contributed by atoms with E-state index in [4.69, 9.17) is 4.74 Å². The SMILES string of the molecule is Cc1ccc(OCC(=O)NCC(=O)NCc2cccnc2)cc1. The Morgan fingerprint density at radius 1 is 1.09 bits per heavy atom. The molecular formula is C17H19N3O3. The molecule has 0 unspecified atom stereocenters. The van der Waals surface area contributed by atoms with Gasteiger partial charge >= 0.3 is 0 Å². The molecule has 1 heterocycles. The maximum absolute atomic E-state index is 11.6. The Labute approximate surface area is 134 Å². The molecule has 2 aromatic rings. The predicted molar refractivity (Wildman–Crippen MR) is 85.8 cm³/mol. The van der Waals surface area contributed by atoms with Crippen molar-refractivity contribution in [3.05, 3.63) is 59.9 Å². The molecule has 0 aliphatic heterocycles. The van der Waals surface area contributed by atoms with Gasteiger partial charge in [0.25, 0.3) is 5.91 Å². The van der Waals surface area contributed by atoms with Crippen LogP contribution in [0.25, 0.3) is 0 Å². The fourth-order valence-corrected chi connectivity index (χ4v) is 1.78. The van der Waals surface area contributed by atoms with Gasteiger partial charge in [0.15, 0.2) is 6.61 Å². The second kappa shape index (κ2) is 8.53. The maximum Gasteiger partial charge on any atom is 0.258 e. The minimum Gasteiger partial charge on any atom is -0.484 e. The highest BCUT2D eigenvalue weighted by atomic mass is 16.5. The molecule has 1 aromatic heterocycles. The molecule has 0 aliphatic rings. The van der Waals surface area contributed by atoms with Crippen molar-refractivity contribution in [3.63, 3.8) is 0 Å². The molecule has 0 saturated heterocycles. The highest BCUT2D eigenvalue weighted by Crippen LogP contribution is 2.10. The van der Waals surface area contributed by atoms with E-state index in [2.05, 4.69) is 15.6 Å². The monoisotopic (exact) mass is 313 g/mol. The van der Waals surface area contributed by atoms with Crippen LogP contribution in [0.15, 0.2) is 48.8 Å². The van der Waals surface area contributed by atoms with Crippen LogP contribution in [0, 0.1) is 6.92 Å². The number of benzene rings is 1. The first-order valence-electron chi connectivity index (χ1n) is 7.25. The standard InChI is InChI=1S/C17H19N3O3/c1-13-4-6-15(7-5-13)23-12-17(22)20-11-16(21)19-10-14-3-2-8-18-9-14/h2-9H,10-12H2,1H3,(H,19,21)(H,20,22). The summed E-state index contributed by atoms with van der Waals surface area (Å²) in [4.78, 5) is 27.2. The number of nitrogens with one attached hydrogen (secondary N) is 2. The molecule has 0 bridgehead atoms. The number of pyridine rings is 1. The summed E-state index contributed by atoms with van der Waals surface area (Å²) >= 11 is 0. The lowest BCUT2D eigenvalue weighted by Gasteiger charge is -2.08. The number of hydrogen-bond acceptors (Lipinski definition) is 4. The summed E-state index contributed by atoms with van der Waals surface area (Å²) in [6.07, 6.45) is 3.34. The Kier molecular flexibility index (Phi) is 6.11. The van der Waals surface area contributed by atoms with Gasteiger partial charge in [0.1, 0.15) is 5.75 Å². The van der Waals surface area contributed by atoms with E-state index >= 15 is 0 Å². The number of ether oxygens (including phenoxy) is 1. The first kappa shape index (κ1) is 16.5. The number of nitrogens with zero attached hydrogens (tertiary/aromatic N) is 1. The normalized spacial score (nSPS) is 9.96. The molecule has 2 N–H and O–H groups in total. The average molecular weight is 313 g/mol. The number of hydrogen-bond donors (Lipinski definition) is 2. The zero-order valence-electron chi connectivity index (χ0n) is 12.9. The Balaban J connectivity index is 1.63. The van der Waals surface area contributed by atoms with Crippen LogP contribution >= 0.6 is 0 Å². The van der Waals surface area contributed by atoms with Gasteiger partial charge in [-0.2, -0.15) is 0 Å². The highest BCUT2D eigenvalue weighted by molar-refractivity contribution is 5.85. The van der Waals surface area contributed by atoms with Gasteiger partial charge in [0.05, 0.1) is 6.54 Å². The molecule has 0 spiro atoms. The van der Waals surface area contributed by atoms with Gasteiger partial charge in [0.2, 0.25) is 5.91 Å². The van der Waals surface area contributed by atoms with Crippen LogP contribution in [-0.2, 0) is 16.1 Å². The number of aromatic nitrogens is 1. The Bertz CT molecular complexity index is 642. The summed E-state index contributed by atoms with van der Waals surface area (Å²) in [7, 11) is 0. The van der Waals surface area contributed by atoms with Crippen LogP contribution in [0.5, 0.6) is 5.75 Å². The van der Waals surface area contributed by atoms with Gasteiger partial charge in [-0.1, -0.05) is 23.8 Å². The van der Waals surface area contributed by atoms with E-state index in [1.165, 1.54) is 0 Å². The summed E-state index contributed by atoms with van der Waals surface area (Å²) in [6, 6.07) is 11.1. The fourth-order valence-electron chi connectivity index (χ4n) is 1.78. The Morgan fingerprint density at radius 3 is 2.57 bits per heavy atom. The molecule has 0 aliphatic carbocycles. The summed E-state index contributed by atoms with van der Waals surface area (Å²) in [6.45, 7) is 2.14. The largest absolute Gasteiger partial charge is 0.484 e. The maximum atomic E-state index is 11.6. The molecule has 0 saturated carbocycles.